The number of amides is 1. The topological polar surface area (TPSA) is 70.4 Å². The minimum absolute atomic E-state index is 0.117. The molecule has 0 aliphatic carbocycles. The van der Waals surface area contributed by atoms with E-state index >= 15 is 0 Å². The number of aromatic nitrogens is 4. The molecule has 0 atom stereocenters. The molecule has 0 saturated carbocycles. The number of piperidine rings is 1. The average Bonchev–Trinajstić information content (AvgIpc) is 3.21. The molecule has 2 aromatic rings. The molecule has 2 aromatic heterocycles. The fourth-order valence-corrected chi connectivity index (χ4v) is 3.80. The lowest BCUT2D eigenvalue weighted by Crippen LogP contribution is -2.50. The standard InChI is InChI=1S/C19H27N7O/c1-16-21-17(23-7-3-2-4-8-23)14-18(22-16)24-10-12-25(13-11-24)19(27)15-26-9-5-6-20-26/h5-6,9,14H,2-4,7-8,10-13,15H2,1H3. The third-order valence-electron chi connectivity index (χ3n) is 5.30. The first-order valence-corrected chi connectivity index (χ1v) is 9.80. The van der Waals surface area contributed by atoms with Crippen molar-refractivity contribution in [3.63, 3.8) is 0 Å². The third-order valence-corrected chi connectivity index (χ3v) is 5.30. The van der Waals surface area contributed by atoms with E-state index < -0.39 is 0 Å². The Labute approximate surface area is 159 Å². The summed E-state index contributed by atoms with van der Waals surface area (Å²) in [7, 11) is 0. The number of carbonyl (C=O) groups excluding carboxylic acids is 1. The van der Waals surface area contributed by atoms with Gasteiger partial charge in [0.2, 0.25) is 5.91 Å². The highest BCUT2D eigenvalue weighted by Gasteiger charge is 2.23. The van der Waals surface area contributed by atoms with Crippen molar-refractivity contribution in [1.82, 2.24) is 24.6 Å². The van der Waals surface area contributed by atoms with Crippen molar-refractivity contribution in [1.29, 1.82) is 0 Å². The molecule has 8 nitrogen and oxygen atoms in total. The van der Waals surface area contributed by atoms with Gasteiger partial charge in [-0.1, -0.05) is 0 Å². The normalized spacial score (nSPS) is 18.0. The molecule has 4 rings (SSSR count). The van der Waals surface area contributed by atoms with Crippen molar-refractivity contribution in [2.24, 2.45) is 0 Å². The molecule has 2 aliphatic rings. The number of anilines is 2. The number of rotatable bonds is 4. The van der Waals surface area contributed by atoms with Gasteiger partial charge < -0.3 is 14.7 Å². The van der Waals surface area contributed by atoms with Crippen molar-refractivity contribution in [3.05, 3.63) is 30.4 Å². The summed E-state index contributed by atoms with van der Waals surface area (Å²) in [5, 5.41) is 4.11. The van der Waals surface area contributed by atoms with Crippen LogP contribution in [-0.4, -0.2) is 69.8 Å². The lowest BCUT2D eigenvalue weighted by molar-refractivity contribution is -0.132. The Bertz CT molecular complexity index is 762. The largest absolute Gasteiger partial charge is 0.356 e. The Morgan fingerprint density at radius 1 is 0.963 bits per heavy atom. The summed E-state index contributed by atoms with van der Waals surface area (Å²) in [6.45, 7) is 7.42. The smallest absolute Gasteiger partial charge is 0.244 e. The number of piperazine rings is 1. The van der Waals surface area contributed by atoms with Crippen LogP contribution in [0.5, 0.6) is 0 Å². The Kier molecular flexibility index (Phi) is 5.22. The molecule has 8 heteroatoms. The van der Waals surface area contributed by atoms with Crippen molar-refractivity contribution < 1.29 is 4.79 Å². The number of carbonyl (C=O) groups is 1. The van der Waals surface area contributed by atoms with E-state index in [1.54, 1.807) is 10.9 Å². The predicted octanol–water partition coefficient (Wildman–Crippen LogP) is 1.32. The second-order valence-corrected chi connectivity index (χ2v) is 7.25. The van der Waals surface area contributed by atoms with Crippen molar-refractivity contribution in [2.75, 3.05) is 49.1 Å². The van der Waals surface area contributed by atoms with Gasteiger partial charge in [0.1, 0.15) is 24.0 Å². The van der Waals surface area contributed by atoms with Gasteiger partial charge in [0, 0.05) is 57.7 Å². The zero-order chi connectivity index (χ0) is 18.6. The van der Waals surface area contributed by atoms with Gasteiger partial charge in [0.15, 0.2) is 0 Å². The van der Waals surface area contributed by atoms with E-state index in [0.717, 1.165) is 43.6 Å². The molecular weight excluding hydrogens is 342 g/mol. The first kappa shape index (κ1) is 17.8. The fourth-order valence-electron chi connectivity index (χ4n) is 3.80. The highest BCUT2D eigenvalue weighted by Crippen LogP contribution is 2.23. The van der Waals surface area contributed by atoms with Crippen LogP contribution in [-0.2, 0) is 11.3 Å². The Morgan fingerprint density at radius 2 is 1.63 bits per heavy atom. The molecule has 0 spiro atoms. The minimum Gasteiger partial charge on any atom is -0.356 e. The van der Waals surface area contributed by atoms with Crippen LogP contribution in [0, 0.1) is 6.92 Å². The molecule has 0 aromatic carbocycles. The van der Waals surface area contributed by atoms with Gasteiger partial charge in [-0.15, -0.1) is 0 Å². The van der Waals surface area contributed by atoms with Crippen LogP contribution in [0.4, 0.5) is 11.6 Å². The third kappa shape index (κ3) is 4.20. The van der Waals surface area contributed by atoms with Crippen LogP contribution in [0.2, 0.25) is 0 Å². The lowest BCUT2D eigenvalue weighted by atomic mass is 10.1. The van der Waals surface area contributed by atoms with Gasteiger partial charge in [-0.3, -0.25) is 9.48 Å². The molecule has 27 heavy (non-hydrogen) atoms. The van der Waals surface area contributed by atoms with E-state index in [1.165, 1.54) is 19.3 Å². The summed E-state index contributed by atoms with van der Waals surface area (Å²) in [6, 6.07) is 3.95. The van der Waals surface area contributed by atoms with Gasteiger partial charge in [-0.25, -0.2) is 9.97 Å². The highest BCUT2D eigenvalue weighted by atomic mass is 16.2. The molecular formula is C19H27N7O. The number of aryl methyl sites for hydroxylation is 1. The summed E-state index contributed by atoms with van der Waals surface area (Å²) in [6.07, 6.45) is 7.29. The Balaban J connectivity index is 1.39. The molecule has 0 bridgehead atoms. The van der Waals surface area contributed by atoms with Gasteiger partial charge in [-0.2, -0.15) is 5.10 Å². The predicted molar refractivity (Wildman–Crippen MR) is 104 cm³/mol. The second kappa shape index (κ2) is 7.94. The van der Waals surface area contributed by atoms with E-state index in [2.05, 4.69) is 30.9 Å². The zero-order valence-electron chi connectivity index (χ0n) is 15.9. The summed E-state index contributed by atoms with van der Waals surface area (Å²) in [4.78, 5) is 28.3. The molecule has 0 unspecified atom stereocenters. The molecule has 0 radical (unpaired) electrons. The van der Waals surface area contributed by atoms with Crippen LogP contribution in [0.1, 0.15) is 25.1 Å². The van der Waals surface area contributed by atoms with Crippen LogP contribution in [0.15, 0.2) is 24.5 Å². The van der Waals surface area contributed by atoms with E-state index in [-0.39, 0.29) is 5.91 Å². The van der Waals surface area contributed by atoms with Crippen molar-refractivity contribution >= 4 is 17.5 Å². The van der Waals surface area contributed by atoms with E-state index in [9.17, 15) is 4.79 Å². The quantitative estimate of drug-likeness (QED) is 0.810. The second-order valence-electron chi connectivity index (χ2n) is 7.25. The van der Waals surface area contributed by atoms with Crippen LogP contribution in [0.3, 0.4) is 0 Å². The summed E-state index contributed by atoms with van der Waals surface area (Å²) < 4.78 is 1.67. The van der Waals surface area contributed by atoms with Crippen LogP contribution in [0.25, 0.3) is 0 Å². The molecule has 2 saturated heterocycles. The SMILES string of the molecule is Cc1nc(N2CCCCC2)cc(N2CCN(C(=O)Cn3cccn3)CC2)n1. The summed E-state index contributed by atoms with van der Waals surface area (Å²) >= 11 is 0. The van der Waals surface area contributed by atoms with E-state index in [4.69, 9.17) is 0 Å². The molecule has 144 valence electrons. The summed E-state index contributed by atoms with van der Waals surface area (Å²) in [5.41, 5.74) is 0. The van der Waals surface area contributed by atoms with Crippen LogP contribution < -0.4 is 9.80 Å². The van der Waals surface area contributed by atoms with Gasteiger partial charge in [-0.05, 0) is 32.3 Å². The van der Waals surface area contributed by atoms with Gasteiger partial charge in [0.25, 0.3) is 0 Å². The number of hydrogen-bond acceptors (Lipinski definition) is 6. The fraction of sp³-hybridized carbons (Fsp3) is 0.579. The summed E-state index contributed by atoms with van der Waals surface area (Å²) in [5.74, 6) is 2.94. The zero-order valence-corrected chi connectivity index (χ0v) is 15.9. The maximum atomic E-state index is 12.4. The molecule has 2 fully saturated rings. The molecule has 4 heterocycles. The van der Waals surface area contributed by atoms with Crippen LogP contribution >= 0.6 is 0 Å². The monoisotopic (exact) mass is 369 g/mol. The molecule has 0 N–H and O–H groups in total. The van der Waals surface area contributed by atoms with Gasteiger partial charge >= 0.3 is 0 Å². The average molecular weight is 369 g/mol. The first-order valence-electron chi connectivity index (χ1n) is 9.80. The lowest BCUT2D eigenvalue weighted by Gasteiger charge is -2.36. The van der Waals surface area contributed by atoms with Gasteiger partial charge in [0.05, 0.1) is 0 Å². The highest BCUT2D eigenvalue weighted by molar-refractivity contribution is 5.76. The maximum Gasteiger partial charge on any atom is 0.244 e. The minimum atomic E-state index is 0.117. The Hall–Kier alpha value is -2.64. The number of nitrogens with zero attached hydrogens (tertiary/aromatic N) is 7. The molecule has 1 amide bonds. The van der Waals surface area contributed by atoms with Crippen molar-refractivity contribution in [3.8, 4) is 0 Å². The number of hydrogen-bond donors (Lipinski definition) is 0. The van der Waals surface area contributed by atoms with E-state index in [1.807, 2.05) is 24.1 Å². The first-order chi connectivity index (χ1) is 13.2. The molecule has 2 aliphatic heterocycles. The Morgan fingerprint density at radius 3 is 2.26 bits per heavy atom. The van der Waals surface area contributed by atoms with E-state index in [0.29, 0.717) is 19.6 Å². The maximum absolute atomic E-state index is 12.4. The van der Waals surface area contributed by atoms with Crippen molar-refractivity contribution in [2.45, 2.75) is 32.7 Å².